The zero-order chi connectivity index (χ0) is 26.6. The zero-order valence-electron chi connectivity index (χ0n) is 20.8. The lowest BCUT2D eigenvalue weighted by Crippen LogP contribution is -2.34. The summed E-state index contributed by atoms with van der Waals surface area (Å²) >= 11 is 12.6. The molecule has 192 valence electrons. The Labute approximate surface area is 223 Å². The molecule has 1 aliphatic heterocycles. The van der Waals surface area contributed by atoms with E-state index in [0.717, 1.165) is 17.2 Å². The van der Waals surface area contributed by atoms with Crippen molar-refractivity contribution in [2.75, 3.05) is 6.61 Å². The molecule has 1 aliphatic rings. The molecule has 1 atom stereocenters. The van der Waals surface area contributed by atoms with Crippen LogP contribution in [0.2, 0.25) is 10.0 Å². The topological polar surface area (TPSA) is 55.6 Å². The fourth-order valence-corrected chi connectivity index (χ4v) is 5.41. The molecule has 0 fully saturated rings. The second kappa shape index (κ2) is 9.30. The highest BCUT2D eigenvalue weighted by Crippen LogP contribution is 2.40. The number of carbonyl (C=O) groups is 1. The van der Waals surface area contributed by atoms with Crippen LogP contribution in [-0.2, 0) is 5.41 Å². The van der Waals surface area contributed by atoms with Crippen molar-refractivity contribution in [3.63, 3.8) is 0 Å². The third-order valence-electron chi connectivity index (χ3n) is 6.55. The fraction of sp³-hybridized carbons (Fsp3) is 0.286. The second-order valence-corrected chi connectivity index (χ2v) is 11.0. The fourth-order valence-electron chi connectivity index (χ4n) is 5.00. The number of halogens is 4. The number of hydrogen-bond acceptors (Lipinski definition) is 3. The van der Waals surface area contributed by atoms with E-state index in [9.17, 15) is 13.6 Å². The predicted octanol–water partition coefficient (Wildman–Crippen LogP) is 7.45. The van der Waals surface area contributed by atoms with Gasteiger partial charge in [0.25, 0.3) is 5.91 Å². The van der Waals surface area contributed by atoms with E-state index in [-0.39, 0.29) is 16.0 Å². The van der Waals surface area contributed by atoms with E-state index in [2.05, 4.69) is 10.4 Å². The van der Waals surface area contributed by atoms with Crippen molar-refractivity contribution < 1.29 is 18.3 Å². The minimum Gasteiger partial charge on any atom is -0.493 e. The monoisotopic (exact) mass is 543 g/mol. The van der Waals surface area contributed by atoms with E-state index in [1.807, 2.05) is 33.8 Å². The quantitative estimate of drug-likeness (QED) is 0.273. The molecule has 5 nitrogen and oxygen atoms in total. The molecule has 3 heterocycles. The molecular weight excluding hydrogens is 519 g/mol. The Balaban J connectivity index is 1.63. The van der Waals surface area contributed by atoms with Gasteiger partial charge in [0, 0.05) is 17.5 Å². The molecule has 0 saturated heterocycles. The lowest BCUT2D eigenvalue weighted by Gasteiger charge is -2.28. The maximum absolute atomic E-state index is 14.3. The highest BCUT2D eigenvalue weighted by atomic mass is 35.5. The highest BCUT2D eigenvalue weighted by Gasteiger charge is 2.30. The summed E-state index contributed by atoms with van der Waals surface area (Å²) in [5.74, 6) is -0.678. The van der Waals surface area contributed by atoms with E-state index in [1.54, 1.807) is 10.6 Å². The van der Waals surface area contributed by atoms with Crippen molar-refractivity contribution in [2.45, 2.75) is 45.6 Å². The Morgan fingerprint density at radius 2 is 1.89 bits per heavy atom. The third-order valence-corrected chi connectivity index (χ3v) is 7.36. The number of fused-ring (bicyclic) bond motifs is 2. The van der Waals surface area contributed by atoms with Crippen molar-refractivity contribution >= 4 is 34.6 Å². The predicted molar refractivity (Wildman–Crippen MR) is 141 cm³/mol. The number of nitrogens with one attached hydrogen (secondary N) is 1. The van der Waals surface area contributed by atoms with Gasteiger partial charge in [-0.05, 0) is 59.9 Å². The van der Waals surface area contributed by atoms with Crippen molar-refractivity contribution in [3.8, 4) is 17.0 Å². The minimum atomic E-state index is -0.515. The van der Waals surface area contributed by atoms with Crippen molar-refractivity contribution in [2.24, 2.45) is 0 Å². The number of rotatable bonds is 3. The van der Waals surface area contributed by atoms with Gasteiger partial charge in [0.1, 0.15) is 17.4 Å². The van der Waals surface area contributed by atoms with Crippen molar-refractivity contribution in [1.82, 2.24) is 14.9 Å². The van der Waals surface area contributed by atoms with Gasteiger partial charge in [-0.2, -0.15) is 5.10 Å². The summed E-state index contributed by atoms with van der Waals surface area (Å²) in [6.45, 7) is 8.30. The smallest absolute Gasteiger partial charge is 0.253 e. The number of ether oxygens (including phenoxy) is 1. The molecule has 0 saturated carbocycles. The SMILES string of the molecule is Cc1cc2c(C(C)(C)C)c(C(=O)N[C@H]3CCOc4ccc(F)cc43)cnn2c1-c1cc(F)cc(Cl)c1Cl. The van der Waals surface area contributed by atoms with E-state index in [0.29, 0.717) is 46.7 Å². The Bertz CT molecular complexity index is 1560. The van der Waals surface area contributed by atoms with E-state index < -0.39 is 23.1 Å². The standard InChI is InChI=1S/C28H25Cl2F2N3O2/c1-14-9-22-24(28(2,3)4)19(13-33-35(22)26(14)18-11-16(32)12-20(29)25(18)30)27(36)34-21-7-8-37-23-6-5-15(31)10-17(21)23/h5-6,9-13,21H,7-8H2,1-4H3,(H,34,36)/t21-/m0/s1. The summed E-state index contributed by atoms with van der Waals surface area (Å²) in [6, 6.07) is 8.29. The number of hydrogen-bond donors (Lipinski definition) is 1. The first-order valence-electron chi connectivity index (χ1n) is 11.9. The molecule has 2 aromatic heterocycles. The first-order chi connectivity index (χ1) is 17.5. The van der Waals surface area contributed by atoms with Crippen LogP contribution in [0.15, 0.2) is 42.6 Å². The van der Waals surface area contributed by atoms with Crippen LogP contribution in [0.4, 0.5) is 8.78 Å². The molecule has 5 rings (SSSR count). The number of carbonyl (C=O) groups excluding carboxylic acids is 1. The van der Waals surface area contributed by atoms with Crippen LogP contribution in [-0.4, -0.2) is 22.1 Å². The van der Waals surface area contributed by atoms with Crippen LogP contribution < -0.4 is 10.1 Å². The highest BCUT2D eigenvalue weighted by molar-refractivity contribution is 6.43. The summed E-state index contributed by atoms with van der Waals surface area (Å²) in [6.07, 6.45) is 2.02. The van der Waals surface area contributed by atoms with E-state index >= 15 is 0 Å². The Morgan fingerprint density at radius 3 is 2.62 bits per heavy atom. The molecule has 1 N–H and O–H groups in total. The maximum atomic E-state index is 14.3. The lowest BCUT2D eigenvalue weighted by atomic mass is 9.83. The number of benzene rings is 2. The van der Waals surface area contributed by atoms with Crippen LogP contribution in [0, 0.1) is 18.6 Å². The van der Waals surface area contributed by atoms with Crippen LogP contribution in [0.25, 0.3) is 16.8 Å². The molecule has 9 heteroatoms. The van der Waals surface area contributed by atoms with Gasteiger partial charge in [0.2, 0.25) is 0 Å². The van der Waals surface area contributed by atoms with Gasteiger partial charge >= 0.3 is 0 Å². The van der Waals surface area contributed by atoms with Crippen LogP contribution >= 0.6 is 23.2 Å². The average Bonchev–Trinajstić information content (AvgIpc) is 3.15. The Kier molecular flexibility index (Phi) is 6.40. The molecule has 37 heavy (non-hydrogen) atoms. The zero-order valence-corrected chi connectivity index (χ0v) is 22.3. The van der Waals surface area contributed by atoms with Gasteiger partial charge in [-0.1, -0.05) is 44.0 Å². The first-order valence-corrected chi connectivity index (χ1v) is 12.6. The number of aryl methyl sites for hydroxylation is 1. The molecule has 0 spiro atoms. The average molecular weight is 544 g/mol. The van der Waals surface area contributed by atoms with Crippen molar-refractivity contribution in [3.05, 3.63) is 86.5 Å². The summed E-state index contributed by atoms with van der Waals surface area (Å²) in [4.78, 5) is 13.6. The summed E-state index contributed by atoms with van der Waals surface area (Å²) in [7, 11) is 0. The van der Waals surface area contributed by atoms with Gasteiger partial charge in [-0.25, -0.2) is 13.3 Å². The second-order valence-electron chi connectivity index (χ2n) is 10.3. The Morgan fingerprint density at radius 1 is 1.14 bits per heavy atom. The normalized spacial score (nSPS) is 15.4. The number of amides is 1. The summed E-state index contributed by atoms with van der Waals surface area (Å²) in [5.41, 5.74) is 3.81. The largest absolute Gasteiger partial charge is 0.493 e. The summed E-state index contributed by atoms with van der Waals surface area (Å²) < 4.78 is 35.5. The lowest BCUT2D eigenvalue weighted by molar-refractivity contribution is 0.0922. The molecule has 4 aromatic rings. The number of aromatic nitrogens is 2. The summed E-state index contributed by atoms with van der Waals surface area (Å²) in [5, 5.41) is 7.95. The Hall–Kier alpha value is -3.16. The van der Waals surface area contributed by atoms with E-state index in [4.69, 9.17) is 27.9 Å². The molecule has 1 amide bonds. The van der Waals surface area contributed by atoms with Gasteiger partial charge in [0.15, 0.2) is 0 Å². The van der Waals surface area contributed by atoms with Gasteiger partial charge in [0.05, 0.1) is 45.7 Å². The number of nitrogens with zero attached hydrogens (tertiary/aromatic N) is 2. The van der Waals surface area contributed by atoms with E-state index in [1.165, 1.54) is 24.4 Å². The third kappa shape index (κ3) is 4.55. The van der Waals surface area contributed by atoms with Crippen LogP contribution in [0.5, 0.6) is 5.75 Å². The molecule has 0 unspecified atom stereocenters. The molecule has 2 aromatic carbocycles. The van der Waals surface area contributed by atoms with Gasteiger partial charge in [-0.3, -0.25) is 4.79 Å². The van der Waals surface area contributed by atoms with Crippen LogP contribution in [0.3, 0.4) is 0 Å². The first kappa shape index (κ1) is 25.5. The maximum Gasteiger partial charge on any atom is 0.253 e. The molecule has 0 bridgehead atoms. The van der Waals surface area contributed by atoms with Crippen molar-refractivity contribution in [1.29, 1.82) is 0 Å². The molecule has 0 radical (unpaired) electrons. The molecule has 0 aliphatic carbocycles. The van der Waals surface area contributed by atoms with Gasteiger partial charge < -0.3 is 10.1 Å². The molecular formula is C28H25Cl2F2N3O2. The van der Waals surface area contributed by atoms with Crippen LogP contribution in [0.1, 0.15) is 60.3 Å². The minimum absolute atomic E-state index is 0.103. The van der Waals surface area contributed by atoms with Gasteiger partial charge in [-0.15, -0.1) is 0 Å².